The predicted molar refractivity (Wildman–Crippen MR) is 88.6 cm³/mol. The highest BCUT2D eigenvalue weighted by molar-refractivity contribution is 9.10. The molecule has 118 valence electrons. The molecule has 1 aromatic rings. The summed E-state index contributed by atoms with van der Waals surface area (Å²) in [5, 5.41) is 0. The van der Waals surface area contributed by atoms with Crippen LogP contribution in [0.3, 0.4) is 0 Å². The van der Waals surface area contributed by atoms with E-state index in [4.69, 9.17) is 5.73 Å². The first kappa shape index (κ1) is 18.2. The lowest BCUT2D eigenvalue weighted by atomic mass is 9.91. The maximum atomic E-state index is 12.2. The Balaban J connectivity index is 0.00000220. The Morgan fingerprint density at radius 1 is 1.43 bits per heavy atom. The summed E-state index contributed by atoms with van der Waals surface area (Å²) in [6.45, 7) is 3.58. The minimum atomic E-state index is -0.160. The van der Waals surface area contributed by atoms with Gasteiger partial charge in [-0.25, -0.2) is 0 Å². The highest BCUT2D eigenvalue weighted by atomic mass is 79.9. The van der Waals surface area contributed by atoms with Crippen LogP contribution < -0.4 is 11.3 Å². The Bertz CT molecular complexity index is 539. The van der Waals surface area contributed by atoms with Crippen LogP contribution in [-0.4, -0.2) is 34.5 Å². The molecular weight excluding hydrogens is 358 g/mol. The van der Waals surface area contributed by atoms with E-state index in [1.54, 1.807) is 12.3 Å². The van der Waals surface area contributed by atoms with Gasteiger partial charge in [-0.05, 0) is 47.7 Å². The van der Waals surface area contributed by atoms with Crippen molar-refractivity contribution in [1.82, 2.24) is 9.47 Å². The van der Waals surface area contributed by atoms with Crippen molar-refractivity contribution in [2.24, 2.45) is 11.7 Å². The molecule has 5 nitrogen and oxygen atoms in total. The van der Waals surface area contributed by atoms with Gasteiger partial charge in [0.1, 0.15) is 6.54 Å². The topological polar surface area (TPSA) is 68.3 Å². The van der Waals surface area contributed by atoms with Gasteiger partial charge in [0.15, 0.2) is 0 Å². The minimum Gasteiger partial charge on any atom is -0.341 e. The van der Waals surface area contributed by atoms with E-state index in [2.05, 4.69) is 15.9 Å². The maximum absolute atomic E-state index is 12.2. The Hall–Kier alpha value is -0.850. The largest absolute Gasteiger partial charge is 0.341 e. The predicted octanol–water partition coefficient (Wildman–Crippen LogP) is 1.62. The van der Waals surface area contributed by atoms with Crippen molar-refractivity contribution in [2.45, 2.75) is 32.4 Å². The molecule has 2 heterocycles. The fourth-order valence-electron chi connectivity index (χ4n) is 2.55. The van der Waals surface area contributed by atoms with Crippen LogP contribution in [0.1, 0.15) is 19.8 Å². The zero-order valence-electron chi connectivity index (χ0n) is 12.0. The molecule has 1 unspecified atom stereocenters. The number of hydrogen-bond acceptors (Lipinski definition) is 3. The third kappa shape index (κ3) is 4.83. The fourth-order valence-corrected chi connectivity index (χ4v) is 2.93. The van der Waals surface area contributed by atoms with Gasteiger partial charge < -0.3 is 15.2 Å². The summed E-state index contributed by atoms with van der Waals surface area (Å²) >= 11 is 3.31. The molecule has 0 spiro atoms. The van der Waals surface area contributed by atoms with E-state index in [0.29, 0.717) is 5.92 Å². The van der Waals surface area contributed by atoms with E-state index in [0.717, 1.165) is 30.4 Å². The van der Waals surface area contributed by atoms with Gasteiger partial charge >= 0.3 is 0 Å². The number of pyridine rings is 1. The first-order valence-electron chi connectivity index (χ1n) is 6.86. The van der Waals surface area contributed by atoms with E-state index in [9.17, 15) is 9.59 Å². The van der Waals surface area contributed by atoms with Gasteiger partial charge in [-0.3, -0.25) is 9.59 Å². The van der Waals surface area contributed by atoms with Gasteiger partial charge in [0.05, 0.1) is 0 Å². The van der Waals surface area contributed by atoms with E-state index < -0.39 is 0 Å². The van der Waals surface area contributed by atoms with E-state index in [1.165, 1.54) is 10.6 Å². The summed E-state index contributed by atoms with van der Waals surface area (Å²) in [5.74, 6) is 0.487. The second-order valence-electron chi connectivity index (χ2n) is 5.39. The monoisotopic (exact) mass is 377 g/mol. The SMILES string of the molecule is CC(N)C1CCN(C(=O)Cn2cc(Br)ccc2=O)CC1.Cl. The van der Waals surface area contributed by atoms with E-state index in [-0.39, 0.29) is 36.5 Å². The standard InChI is InChI=1S/C14H20BrN3O2.ClH/c1-10(16)11-4-6-17(7-5-11)14(20)9-18-8-12(15)2-3-13(18)19;/h2-3,8,10-11H,4-7,9,16H2,1H3;1H. The summed E-state index contributed by atoms with van der Waals surface area (Å²) in [6, 6.07) is 3.32. The normalized spacial score (nSPS) is 17.2. The molecule has 0 radical (unpaired) electrons. The molecule has 1 aromatic heterocycles. The number of nitrogens with zero attached hydrogens (tertiary/aromatic N) is 2. The summed E-state index contributed by atoms with van der Waals surface area (Å²) < 4.78 is 2.23. The van der Waals surface area contributed by atoms with Crippen molar-refractivity contribution in [3.63, 3.8) is 0 Å². The molecule has 0 bridgehead atoms. The lowest BCUT2D eigenvalue weighted by Gasteiger charge is -2.33. The molecule has 1 amide bonds. The quantitative estimate of drug-likeness (QED) is 0.869. The molecule has 1 saturated heterocycles. The van der Waals surface area contributed by atoms with Gasteiger partial charge in [0, 0.05) is 35.9 Å². The van der Waals surface area contributed by atoms with Crippen molar-refractivity contribution >= 4 is 34.2 Å². The Morgan fingerprint density at radius 3 is 2.62 bits per heavy atom. The Labute approximate surface area is 139 Å². The van der Waals surface area contributed by atoms with Crippen LogP contribution in [-0.2, 0) is 11.3 Å². The summed E-state index contributed by atoms with van der Waals surface area (Å²) in [4.78, 5) is 25.7. The molecule has 0 aliphatic carbocycles. The van der Waals surface area contributed by atoms with Crippen LogP contribution in [0.2, 0.25) is 0 Å². The highest BCUT2D eigenvalue weighted by Gasteiger charge is 2.24. The Kier molecular flexibility index (Phi) is 6.90. The summed E-state index contributed by atoms with van der Waals surface area (Å²) in [7, 11) is 0. The number of piperidine rings is 1. The fraction of sp³-hybridized carbons (Fsp3) is 0.571. The third-order valence-corrected chi connectivity index (χ3v) is 4.36. The van der Waals surface area contributed by atoms with Gasteiger partial charge in [-0.1, -0.05) is 0 Å². The average molecular weight is 379 g/mol. The smallest absolute Gasteiger partial charge is 0.251 e. The number of carbonyl (C=O) groups excluding carboxylic acids is 1. The number of amides is 1. The molecule has 2 N–H and O–H groups in total. The van der Waals surface area contributed by atoms with Gasteiger partial charge in [-0.15, -0.1) is 12.4 Å². The second kappa shape index (κ2) is 7.96. The number of likely N-dealkylation sites (tertiary alicyclic amines) is 1. The lowest BCUT2D eigenvalue weighted by molar-refractivity contribution is -0.133. The minimum absolute atomic E-state index is 0. The number of aromatic nitrogens is 1. The molecule has 21 heavy (non-hydrogen) atoms. The highest BCUT2D eigenvalue weighted by Crippen LogP contribution is 2.19. The van der Waals surface area contributed by atoms with Crippen molar-refractivity contribution in [3.8, 4) is 0 Å². The number of halogens is 2. The van der Waals surface area contributed by atoms with Crippen LogP contribution in [0.4, 0.5) is 0 Å². The van der Waals surface area contributed by atoms with Crippen LogP contribution in [0.15, 0.2) is 27.6 Å². The molecule has 7 heteroatoms. The summed E-state index contributed by atoms with van der Waals surface area (Å²) in [6.07, 6.45) is 3.53. The number of hydrogen-bond donors (Lipinski definition) is 1. The van der Waals surface area contributed by atoms with Gasteiger partial charge in [0.25, 0.3) is 5.56 Å². The third-order valence-electron chi connectivity index (χ3n) is 3.89. The van der Waals surface area contributed by atoms with E-state index >= 15 is 0 Å². The molecule has 1 fully saturated rings. The zero-order valence-corrected chi connectivity index (χ0v) is 14.4. The zero-order chi connectivity index (χ0) is 14.7. The average Bonchev–Trinajstić information content (AvgIpc) is 2.43. The summed E-state index contributed by atoms with van der Waals surface area (Å²) in [5.41, 5.74) is 5.73. The van der Waals surface area contributed by atoms with Crippen LogP contribution in [0, 0.1) is 5.92 Å². The maximum Gasteiger partial charge on any atom is 0.251 e. The van der Waals surface area contributed by atoms with Crippen LogP contribution >= 0.6 is 28.3 Å². The molecule has 1 atom stereocenters. The molecular formula is C14H21BrClN3O2. The lowest BCUT2D eigenvalue weighted by Crippen LogP contribution is -2.44. The van der Waals surface area contributed by atoms with Crippen LogP contribution in [0.5, 0.6) is 0 Å². The first-order chi connectivity index (χ1) is 9.47. The van der Waals surface area contributed by atoms with Crippen LogP contribution in [0.25, 0.3) is 0 Å². The van der Waals surface area contributed by atoms with Crippen molar-refractivity contribution < 1.29 is 4.79 Å². The molecule has 2 rings (SSSR count). The Morgan fingerprint density at radius 2 is 2.05 bits per heavy atom. The molecule has 0 saturated carbocycles. The van der Waals surface area contributed by atoms with Gasteiger partial charge in [-0.2, -0.15) is 0 Å². The van der Waals surface area contributed by atoms with Crippen molar-refractivity contribution in [3.05, 3.63) is 33.2 Å². The number of rotatable bonds is 3. The van der Waals surface area contributed by atoms with Gasteiger partial charge in [0.2, 0.25) is 5.91 Å². The molecule has 1 aliphatic heterocycles. The number of carbonyl (C=O) groups is 1. The number of nitrogens with two attached hydrogens (primary N) is 1. The van der Waals surface area contributed by atoms with E-state index in [1.807, 2.05) is 11.8 Å². The van der Waals surface area contributed by atoms with Crippen molar-refractivity contribution in [2.75, 3.05) is 13.1 Å². The first-order valence-corrected chi connectivity index (χ1v) is 7.66. The van der Waals surface area contributed by atoms with Crippen molar-refractivity contribution in [1.29, 1.82) is 0 Å². The molecule has 1 aliphatic rings. The second-order valence-corrected chi connectivity index (χ2v) is 6.31. The molecule has 0 aromatic carbocycles.